The molecule has 0 amide bonds. The van der Waals surface area contributed by atoms with Gasteiger partial charge in [-0.05, 0) is 38.0 Å². The van der Waals surface area contributed by atoms with Crippen LogP contribution in [-0.2, 0) is 4.79 Å². The molecule has 0 aromatic rings. The molecule has 0 aliphatic heterocycles. The zero-order valence-electron chi connectivity index (χ0n) is 10.6. The molecule has 0 radical (unpaired) electrons. The molecule has 15 heavy (non-hydrogen) atoms. The second-order valence-corrected chi connectivity index (χ2v) is 5.53. The van der Waals surface area contributed by atoms with Crippen molar-refractivity contribution in [1.82, 2.24) is 0 Å². The van der Waals surface area contributed by atoms with E-state index in [9.17, 15) is 4.79 Å². The highest BCUT2D eigenvalue weighted by Gasteiger charge is 2.35. The van der Waals surface area contributed by atoms with Crippen molar-refractivity contribution in [3.63, 3.8) is 0 Å². The van der Waals surface area contributed by atoms with Gasteiger partial charge in [0.2, 0.25) is 0 Å². The summed E-state index contributed by atoms with van der Waals surface area (Å²) in [6.45, 7) is 6.11. The smallest absolute Gasteiger partial charge is 0.132 e. The monoisotopic (exact) mass is 210 g/mol. The first kappa shape index (κ1) is 12.7. The molecule has 1 rings (SSSR count). The van der Waals surface area contributed by atoms with E-state index in [2.05, 4.69) is 13.8 Å². The summed E-state index contributed by atoms with van der Waals surface area (Å²) in [4.78, 5) is 11.3. The van der Waals surface area contributed by atoms with Crippen LogP contribution in [-0.4, -0.2) is 5.78 Å². The van der Waals surface area contributed by atoms with E-state index in [-0.39, 0.29) is 5.92 Å². The number of ketones is 1. The van der Waals surface area contributed by atoms with Crippen molar-refractivity contribution < 1.29 is 4.79 Å². The van der Waals surface area contributed by atoms with E-state index in [1.807, 2.05) is 0 Å². The van der Waals surface area contributed by atoms with Crippen LogP contribution in [0.5, 0.6) is 0 Å². The van der Waals surface area contributed by atoms with Gasteiger partial charge in [0, 0.05) is 5.92 Å². The first-order valence-corrected chi connectivity index (χ1v) is 6.60. The molecule has 0 heterocycles. The Morgan fingerprint density at radius 3 is 2.40 bits per heavy atom. The molecule has 0 aromatic carbocycles. The predicted molar refractivity (Wildman–Crippen MR) is 64.9 cm³/mol. The highest BCUT2D eigenvalue weighted by molar-refractivity contribution is 5.77. The van der Waals surface area contributed by atoms with Gasteiger partial charge in [0.15, 0.2) is 0 Å². The van der Waals surface area contributed by atoms with Crippen LogP contribution < -0.4 is 0 Å². The number of rotatable bonds is 6. The fourth-order valence-electron chi connectivity index (χ4n) is 3.03. The van der Waals surface area contributed by atoms with E-state index in [4.69, 9.17) is 0 Å². The van der Waals surface area contributed by atoms with Gasteiger partial charge in [-0.1, -0.05) is 39.5 Å². The number of carbonyl (C=O) groups excluding carboxylic acids is 1. The van der Waals surface area contributed by atoms with Gasteiger partial charge in [-0.2, -0.15) is 0 Å². The second kappa shape index (κ2) is 5.67. The Balaban J connectivity index is 2.52. The zero-order chi connectivity index (χ0) is 11.3. The lowest BCUT2D eigenvalue weighted by molar-refractivity contribution is -0.121. The minimum Gasteiger partial charge on any atom is -0.300 e. The van der Waals surface area contributed by atoms with E-state index in [1.54, 1.807) is 6.92 Å². The summed E-state index contributed by atoms with van der Waals surface area (Å²) in [5.74, 6) is 0.651. The Bertz CT molecular complexity index is 201. The van der Waals surface area contributed by atoms with Crippen LogP contribution in [0.4, 0.5) is 0 Å². The van der Waals surface area contributed by atoms with Crippen LogP contribution in [0.3, 0.4) is 0 Å². The Morgan fingerprint density at radius 1 is 1.33 bits per heavy atom. The van der Waals surface area contributed by atoms with Crippen molar-refractivity contribution >= 4 is 5.78 Å². The molecule has 1 aliphatic carbocycles. The maximum atomic E-state index is 11.3. The minimum atomic E-state index is 0.278. The molecule has 1 atom stereocenters. The number of hydrogen-bond acceptors (Lipinski definition) is 1. The molecule has 1 aliphatic rings. The summed E-state index contributed by atoms with van der Waals surface area (Å²) in [5.41, 5.74) is 0.529. The quantitative estimate of drug-likeness (QED) is 0.637. The van der Waals surface area contributed by atoms with Crippen LogP contribution in [0.2, 0.25) is 0 Å². The fraction of sp³-hybridized carbons (Fsp3) is 0.929. The van der Waals surface area contributed by atoms with Crippen molar-refractivity contribution in [2.75, 3.05) is 0 Å². The normalized spacial score (nSPS) is 21.5. The molecular weight excluding hydrogens is 184 g/mol. The minimum absolute atomic E-state index is 0.278. The van der Waals surface area contributed by atoms with Gasteiger partial charge >= 0.3 is 0 Å². The van der Waals surface area contributed by atoms with Crippen LogP contribution in [0.15, 0.2) is 0 Å². The highest BCUT2D eigenvalue weighted by atomic mass is 16.1. The molecular formula is C14H26O. The zero-order valence-corrected chi connectivity index (χ0v) is 10.6. The van der Waals surface area contributed by atoms with Gasteiger partial charge in [-0.3, -0.25) is 4.79 Å². The summed E-state index contributed by atoms with van der Waals surface area (Å²) in [7, 11) is 0. The summed E-state index contributed by atoms with van der Waals surface area (Å²) < 4.78 is 0. The van der Waals surface area contributed by atoms with E-state index >= 15 is 0 Å². The Labute approximate surface area is 94.6 Å². The second-order valence-electron chi connectivity index (χ2n) is 5.53. The van der Waals surface area contributed by atoms with Crippen molar-refractivity contribution in [2.24, 2.45) is 11.3 Å². The maximum absolute atomic E-state index is 11.3. The first-order chi connectivity index (χ1) is 7.09. The summed E-state index contributed by atoms with van der Waals surface area (Å²) in [5, 5.41) is 0. The topological polar surface area (TPSA) is 17.1 Å². The average Bonchev–Trinajstić information content (AvgIpc) is 2.64. The number of unbranched alkanes of at least 4 members (excludes halogenated alkanes) is 1. The molecule has 1 nitrogen and oxygen atoms in total. The van der Waals surface area contributed by atoms with Crippen molar-refractivity contribution in [1.29, 1.82) is 0 Å². The number of Topliss-reactive ketones (excluding diaryl/α,β-unsaturated/α-hetero) is 1. The fourth-order valence-corrected chi connectivity index (χ4v) is 3.03. The molecule has 0 saturated heterocycles. The Morgan fingerprint density at radius 2 is 1.93 bits per heavy atom. The molecule has 0 aromatic heterocycles. The van der Waals surface area contributed by atoms with Gasteiger partial charge < -0.3 is 0 Å². The lowest BCUT2D eigenvalue weighted by Gasteiger charge is -2.31. The SMILES string of the molecule is CCCCC1(CC(C)C(C)=O)CCCC1. The average molecular weight is 210 g/mol. The molecule has 0 N–H and O–H groups in total. The van der Waals surface area contributed by atoms with E-state index < -0.39 is 0 Å². The third kappa shape index (κ3) is 3.62. The van der Waals surface area contributed by atoms with Gasteiger partial charge in [0.25, 0.3) is 0 Å². The van der Waals surface area contributed by atoms with Crippen LogP contribution in [0.25, 0.3) is 0 Å². The van der Waals surface area contributed by atoms with Crippen LogP contribution in [0.1, 0.15) is 72.1 Å². The van der Waals surface area contributed by atoms with Crippen molar-refractivity contribution in [2.45, 2.75) is 72.1 Å². The summed E-state index contributed by atoms with van der Waals surface area (Å²) in [6, 6.07) is 0. The molecule has 1 unspecified atom stereocenters. The lowest BCUT2D eigenvalue weighted by atomic mass is 9.74. The molecule has 0 spiro atoms. The standard InChI is InChI=1S/C14H26O/c1-4-5-8-14(9-6-7-10-14)11-12(2)13(3)15/h12H,4-11H2,1-3H3. The molecule has 1 fully saturated rings. The summed E-state index contributed by atoms with van der Waals surface area (Å²) in [6.07, 6.45) is 10.6. The van der Waals surface area contributed by atoms with E-state index in [0.717, 1.165) is 6.42 Å². The van der Waals surface area contributed by atoms with Gasteiger partial charge in [-0.15, -0.1) is 0 Å². The number of hydrogen-bond donors (Lipinski definition) is 0. The number of carbonyl (C=O) groups is 1. The molecule has 1 heteroatoms. The first-order valence-electron chi connectivity index (χ1n) is 6.60. The third-order valence-corrected chi connectivity index (χ3v) is 4.16. The Hall–Kier alpha value is -0.330. The van der Waals surface area contributed by atoms with Crippen LogP contribution in [0, 0.1) is 11.3 Å². The largest absolute Gasteiger partial charge is 0.300 e. The van der Waals surface area contributed by atoms with Crippen LogP contribution >= 0.6 is 0 Å². The molecule has 88 valence electrons. The van der Waals surface area contributed by atoms with Gasteiger partial charge in [0.1, 0.15) is 5.78 Å². The summed E-state index contributed by atoms with van der Waals surface area (Å²) >= 11 is 0. The molecule has 1 saturated carbocycles. The van der Waals surface area contributed by atoms with Gasteiger partial charge in [0.05, 0.1) is 0 Å². The molecule has 0 bridgehead atoms. The Kier molecular flexibility index (Phi) is 4.82. The van der Waals surface area contributed by atoms with Crippen molar-refractivity contribution in [3.8, 4) is 0 Å². The van der Waals surface area contributed by atoms with Crippen molar-refractivity contribution in [3.05, 3.63) is 0 Å². The van der Waals surface area contributed by atoms with E-state index in [1.165, 1.54) is 44.9 Å². The lowest BCUT2D eigenvalue weighted by Crippen LogP contribution is -2.23. The maximum Gasteiger partial charge on any atom is 0.132 e. The van der Waals surface area contributed by atoms with Gasteiger partial charge in [-0.25, -0.2) is 0 Å². The third-order valence-electron chi connectivity index (χ3n) is 4.16. The highest BCUT2D eigenvalue weighted by Crippen LogP contribution is 2.46. The van der Waals surface area contributed by atoms with E-state index in [0.29, 0.717) is 11.2 Å². The predicted octanol–water partition coefficient (Wildman–Crippen LogP) is 4.35.